The molecule has 0 fully saturated rings. The summed E-state index contributed by atoms with van der Waals surface area (Å²) in [6.45, 7) is 7.15. The molecule has 1 aromatic heterocycles. The summed E-state index contributed by atoms with van der Waals surface area (Å²) < 4.78 is 5.15. The fourth-order valence-corrected chi connectivity index (χ4v) is 2.30. The molecule has 0 spiro atoms. The number of nitrogens with zero attached hydrogens (tertiary/aromatic N) is 1. The Morgan fingerprint density at radius 2 is 1.88 bits per heavy atom. The maximum atomic E-state index is 5.15. The van der Waals surface area contributed by atoms with Crippen molar-refractivity contribution in [2.45, 2.75) is 33.2 Å². The molecule has 0 aliphatic rings. The fraction of sp³-hybridized carbons (Fsp3) is 0.643. The maximum Gasteiger partial charge on any atom is 0.0465 e. The van der Waals surface area contributed by atoms with Gasteiger partial charge in [-0.2, -0.15) is 0 Å². The Morgan fingerprint density at radius 1 is 1.29 bits per heavy atom. The van der Waals surface area contributed by atoms with E-state index in [1.807, 2.05) is 20.9 Å². The van der Waals surface area contributed by atoms with Crippen LogP contribution in [0.3, 0.4) is 0 Å². The number of rotatable bonds is 6. The van der Waals surface area contributed by atoms with Crippen LogP contribution in [0.15, 0.2) is 12.1 Å². The van der Waals surface area contributed by atoms with Crippen molar-refractivity contribution < 1.29 is 4.74 Å². The Morgan fingerprint density at radius 3 is 2.35 bits per heavy atom. The predicted octanol–water partition coefficient (Wildman–Crippen LogP) is 2.63. The van der Waals surface area contributed by atoms with E-state index in [0.717, 1.165) is 24.4 Å². The van der Waals surface area contributed by atoms with Crippen LogP contribution >= 0.6 is 0 Å². The smallest absolute Gasteiger partial charge is 0.0465 e. The van der Waals surface area contributed by atoms with Gasteiger partial charge < -0.3 is 10.1 Å². The van der Waals surface area contributed by atoms with E-state index in [9.17, 15) is 0 Å². The average molecular weight is 236 g/mol. The normalized spacial score (nSPS) is 14.6. The van der Waals surface area contributed by atoms with E-state index in [2.05, 4.69) is 29.4 Å². The molecule has 3 heteroatoms. The zero-order valence-electron chi connectivity index (χ0n) is 11.6. The monoisotopic (exact) mass is 236 g/mol. The molecule has 0 aliphatic carbocycles. The van der Waals surface area contributed by atoms with Crippen LogP contribution in [-0.4, -0.2) is 25.7 Å². The summed E-state index contributed by atoms with van der Waals surface area (Å²) in [7, 11) is 3.76. The van der Waals surface area contributed by atoms with Crippen LogP contribution in [-0.2, 0) is 4.74 Å². The Kier molecular flexibility index (Phi) is 5.59. The van der Waals surface area contributed by atoms with Crippen LogP contribution in [0.4, 0.5) is 0 Å². The molecule has 0 bridgehead atoms. The van der Waals surface area contributed by atoms with E-state index in [-0.39, 0.29) is 0 Å². The van der Waals surface area contributed by atoms with Crippen molar-refractivity contribution in [3.05, 3.63) is 29.1 Å². The first kappa shape index (κ1) is 14.1. The van der Waals surface area contributed by atoms with E-state index >= 15 is 0 Å². The van der Waals surface area contributed by atoms with Gasteiger partial charge in [-0.15, -0.1) is 0 Å². The fourth-order valence-electron chi connectivity index (χ4n) is 2.30. The molecule has 1 aromatic rings. The summed E-state index contributed by atoms with van der Waals surface area (Å²) in [5.41, 5.74) is 3.49. The van der Waals surface area contributed by atoms with Crippen LogP contribution in [0.2, 0.25) is 0 Å². The molecule has 0 amide bonds. The van der Waals surface area contributed by atoms with Gasteiger partial charge in [0.25, 0.3) is 0 Å². The second kappa shape index (κ2) is 6.72. The number of ether oxygens (including phenoxy) is 1. The molecule has 96 valence electrons. The number of aromatic nitrogens is 1. The lowest BCUT2D eigenvalue weighted by atomic mass is 9.92. The predicted molar refractivity (Wildman–Crippen MR) is 71.2 cm³/mol. The molecule has 1 heterocycles. The van der Waals surface area contributed by atoms with Crippen molar-refractivity contribution in [1.29, 1.82) is 0 Å². The summed E-state index contributed by atoms with van der Waals surface area (Å²) in [5, 5.41) is 3.40. The molecule has 2 unspecified atom stereocenters. The van der Waals surface area contributed by atoms with Gasteiger partial charge in [-0.1, -0.05) is 6.92 Å². The Labute approximate surface area is 105 Å². The van der Waals surface area contributed by atoms with Crippen LogP contribution in [0.1, 0.15) is 36.3 Å². The Hall–Kier alpha value is -0.930. The standard InChI is InChI=1S/C14H24N2O/c1-10(6-7-17-5)14(15-4)13-8-11(2)16-12(3)9-13/h8-10,14-15H,6-7H2,1-5H3. The van der Waals surface area contributed by atoms with Crippen molar-refractivity contribution in [2.75, 3.05) is 20.8 Å². The van der Waals surface area contributed by atoms with Crippen molar-refractivity contribution in [3.63, 3.8) is 0 Å². The highest BCUT2D eigenvalue weighted by atomic mass is 16.5. The summed E-state index contributed by atoms with van der Waals surface area (Å²) in [6.07, 6.45) is 1.06. The van der Waals surface area contributed by atoms with Gasteiger partial charge in [-0.25, -0.2) is 0 Å². The van der Waals surface area contributed by atoms with Gasteiger partial charge >= 0.3 is 0 Å². The quantitative estimate of drug-likeness (QED) is 0.824. The van der Waals surface area contributed by atoms with Gasteiger partial charge in [0, 0.05) is 31.1 Å². The lowest BCUT2D eigenvalue weighted by Gasteiger charge is -2.24. The van der Waals surface area contributed by atoms with Gasteiger partial charge in [0.15, 0.2) is 0 Å². The first-order valence-electron chi connectivity index (χ1n) is 6.20. The molecular formula is C14H24N2O. The molecular weight excluding hydrogens is 212 g/mol. The number of hydrogen-bond donors (Lipinski definition) is 1. The van der Waals surface area contributed by atoms with Crippen molar-refractivity contribution >= 4 is 0 Å². The van der Waals surface area contributed by atoms with Crippen LogP contribution in [0.25, 0.3) is 0 Å². The minimum Gasteiger partial charge on any atom is -0.385 e. The molecule has 0 aromatic carbocycles. The topological polar surface area (TPSA) is 34.2 Å². The zero-order chi connectivity index (χ0) is 12.8. The molecule has 0 saturated heterocycles. The summed E-state index contributed by atoms with van der Waals surface area (Å²) in [5.74, 6) is 0.543. The first-order valence-corrected chi connectivity index (χ1v) is 6.20. The van der Waals surface area contributed by atoms with E-state index in [1.165, 1.54) is 5.56 Å². The molecule has 2 atom stereocenters. The number of pyridine rings is 1. The third-order valence-corrected chi connectivity index (χ3v) is 3.12. The average Bonchev–Trinajstić information content (AvgIpc) is 2.26. The Balaban J connectivity index is 2.84. The maximum absolute atomic E-state index is 5.15. The highest BCUT2D eigenvalue weighted by molar-refractivity contribution is 5.24. The van der Waals surface area contributed by atoms with E-state index in [4.69, 9.17) is 4.74 Å². The molecule has 1 rings (SSSR count). The van der Waals surface area contributed by atoms with E-state index < -0.39 is 0 Å². The molecule has 1 N–H and O–H groups in total. The number of aryl methyl sites for hydroxylation is 2. The van der Waals surface area contributed by atoms with E-state index in [0.29, 0.717) is 12.0 Å². The van der Waals surface area contributed by atoms with Crippen molar-refractivity contribution in [3.8, 4) is 0 Å². The number of hydrogen-bond acceptors (Lipinski definition) is 3. The highest BCUT2D eigenvalue weighted by Crippen LogP contribution is 2.25. The third-order valence-electron chi connectivity index (χ3n) is 3.12. The molecule has 0 aliphatic heterocycles. The van der Waals surface area contributed by atoms with Gasteiger partial charge in [0.05, 0.1) is 0 Å². The number of methoxy groups -OCH3 is 1. The summed E-state index contributed by atoms with van der Waals surface area (Å²) in [6, 6.07) is 4.69. The lowest BCUT2D eigenvalue weighted by Crippen LogP contribution is -2.24. The van der Waals surface area contributed by atoms with Gasteiger partial charge in [0.1, 0.15) is 0 Å². The van der Waals surface area contributed by atoms with Gasteiger partial charge in [0.2, 0.25) is 0 Å². The van der Waals surface area contributed by atoms with Crippen molar-refractivity contribution in [2.24, 2.45) is 5.92 Å². The van der Waals surface area contributed by atoms with Crippen molar-refractivity contribution in [1.82, 2.24) is 10.3 Å². The summed E-state index contributed by atoms with van der Waals surface area (Å²) in [4.78, 5) is 4.42. The molecule has 0 radical (unpaired) electrons. The minimum absolute atomic E-state index is 0.366. The van der Waals surface area contributed by atoms with Crippen LogP contribution in [0.5, 0.6) is 0 Å². The Bertz CT molecular complexity index is 332. The van der Waals surface area contributed by atoms with Crippen LogP contribution < -0.4 is 5.32 Å². The minimum atomic E-state index is 0.366. The van der Waals surface area contributed by atoms with Gasteiger partial charge in [-0.05, 0) is 50.9 Å². The highest BCUT2D eigenvalue weighted by Gasteiger charge is 2.17. The second-order valence-electron chi connectivity index (χ2n) is 4.71. The lowest BCUT2D eigenvalue weighted by molar-refractivity contribution is 0.171. The van der Waals surface area contributed by atoms with Crippen LogP contribution in [0, 0.1) is 19.8 Å². The zero-order valence-corrected chi connectivity index (χ0v) is 11.6. The third kappa shape index (κ3) is 4.10. The second-order valence-corrected chi connectivity index (χ2v) is 4.71. The molecule has 0 saturated carbocycles. The SMILES string of the molecule is CNC(c1cc(C)nc(C)c1)C(C)CCOC. The van der Waals surface area contributed by atoms with Gasteiger partial charge in [-0.3, -0.25) is 4.98 Å². The number of nitrogens with one attached hydrogen (secondary N) is 1. The van der Waals surface area contributed by atoms with E-state index in [1.54, 1.807) is 7.11 Å². The molecule has 3 nitrogen and oxygen atoms in total. The first-order chi connectivity index (χ1) is 8.08. The molecule has 17 heavy (non-hydrogen) atoms. The summed E-state index contributed by atoms with van der Waals surface area (Å²) >= 11 is 0. The largest absolute Gasteiger partial charge is 0.385 e.